The van der Waals surface area contributed by atoms with Gasteiger partial charge in [0.05, 0.1) is 0 Å². The van der Waals surface area contributed by atoms with Crippen LogP contribution in [0.1, 0.15) is 36.0 Å². The highest BCUT2D eigenvalue weighted by Gasteiger charge is 2.19. The van der Waals surface area contributed by atoms with Gasteiger partial charge in [0.25, 0.3) is 5.91 Å². The minimum absolute atomic E-state index is 0.478. The Kier molecular flexibility index (Phi) is 5.16. The zero-order chi connectivity index (χ0) is 17.8. The molecule has 1 aliphatic heterocycles. The van der Waals surface area contributed by atoms with E-state index in [2.05, 4.69) is 10.2 Å². The third-order valence-electron chi connectivity index (χ3n) is 4.36. The number of rotatable bonds is 3. The fraction of sp³-hybridized carbons (Fsp3) is 0.316. The fourth-order valence-electron chi connectivity index (χ4n) is 3.06. The van der Waals surface area contributed by atoms with Gasteiger partial charge in [0.1, 0.15) is 22.9 Å². The molecule has 1 heterocycles. The van der Waals surface area contributed by atoms with Crippen LogP contribution in [0.4, 0.5) is 20.2 Å². The lowest BCUT2D eigenvalue weighted by Crippen LogP contribution is -2.23. The van der Waals surface area contributed by atoms with E-state index in [1.807, 2.05) is 12.1 Å². The van der Waals surface area contributed by atoms with Gasteiger partial charge >= 0.3 is 0 Å². The molecule has 0 bridgehead atoms. The van der Waals surface area contributed by atoms with Crippen molar-refractivity contribution in [3.8, 4) is 5.75 Å². The highest BCUT2D eigenvalue weighted by Crippen LogP contribution is 2.25. The first kappa shape index (κ1) is 17.2. The largest absolute Gasteiger partial charge is 0.507 e. The van der Waals surface area contributed by atoms with Gasteiger partial charge in [0.15, 0.2) is 0 Å². The van der Waals surface area contributed by atoms with E-state index in [9.17, 15) is 18.7 Å². The Morgan fingerprint density at radius 1 is 1.00 bits per heavy atom. The lowest BCUT2D eigenvalue weighted by Gasteiger charge is -2.22. The second-order valence-corrected chi connectivity index (χ2v) is 6.18. The molecule has 2 aromatic rings. The Morgan fingerprint density at radius 3 is 2.24 bits per heavy atom. The first-order valence-electron chi connectivity index (χ1n) is 8.39. The topological polar surface area (TPSA) is 52.6 Å². The second-order valence-electron chi connectivity index (χ2n) is 6.18. The quantitative estimate of drug-likeness (QED) is 0.871. The van der Waals surface area contributed by atoms with E-state index in [0.717, 1.165) is 18.8 Å². The summed E-state index contributed by atoms with van der Waals surface area (Å²) in [5.74, 6) is -3.58. The van der Waals surface area contributed by atoms with Crippen molar-refractivity contribution in [2.75, 3.05) is 23.3 Å². The minimum Gasteiger partial charge on any atom is -0.507 e. The second kappa shape index (κ2) is 7.51. The van der Waals surface area contributed by atoms with Crippen LogP contribution in [0.2, 0.25) is 0 Å². The van der Waals surface area contributed by atoms with E-state index < -0.39 is 28.9 Å². The highest BCUT2D eigenvalue weighted by molar-refractivity contribution is 6.06. The molecule has 0 radical (unpaired) electrons. The summed E-state index contributed by atoms with van der Waals surface area (Å²) in [6.45, 7) is 2.03. The number of amides is 1. The van der Waals surface area contributed by atoms with Crippen molar-refractivity contribution in [1.29, 1.82) is 0 Å². The van der Waals surface area contributed by atoms with Crippen molar-refractivity contribution < 1.29 is 18.7 Å². The number of phenols is 1. The zero-order valence-electron chi connectivity index (χ0n) is 13.8. The molecular formula is C19H20F2N2O2. The molecule has 2 N–H and O–H groups in total. The predicted octanol–water partition coefficient (Wildman–Crippen LogP) is 4.30. The Morgan fingerprint density at radius 2 is 1.64 bits per heavy atom. The van der Waals surface area contributed by atoms with Gasteiger partial charge in [-0.3, -0.25) is 4.79 Å². The molecule has 0 spiro atoms. The molecule has 132 valence electrons. The Hall–Kier alpha value is -2.63. The van der Waals surface area contributed by atoms with E-state index in [4.69, 9.17) is 0 Å². The van der Waals surface area contributed by atoms with Crippen LogP contribution < -0.4 is 10.2 Å². The number of carbonyl (C=O) groups is 1. The molecule has 2 aromatic carbocycles. The maximum Gasteiger partial charge on any atom is 0.262 e. The van der Waals surface area contributed by atoms with Gasteiger partial charge in [0, 0.05) is 36.6 Å². The Balaban J connectivity index is 1.72. The number of hydrogen-bond acceptors (Lipinski definition) is 3. The molecule has 0 saturated carbocycles. The van der Waals surface area contributed by atoms with Crippen LogP contribution in [-0.2, 0) is 0 Å². The molecule has 1 amide bonds. The SMILES string of the molecule is O=C(Nc1ccc(N2CCCCCC2)cc1)c1c(O)cc(F)cc1F. The van der Waals surface area contributed by atoms with Gasteiger partial charge < -0.3 is 15.3 Å². The van der Waals surface area contributed by atoms with Crippen molar-refractivity contribution in [3.05, 3.63) is 53.6 Å². The van der Waals surface area contributed by atoms with Crippen LogP contribution in [0.5, 0.6) is 5.75 Å². The number of benzene rings is 2. The molecule has 0 unspecified atom stereocenters. The molecule has 4 nitrogen and oxygen atoms in total. The molecule has 3 rings (SSSR count). The standard InChI is InChI=1S/C19H20F2N2O2/c20-13-11-16(21)18(17(24)12-13)19(25)22-14-5-7-15(8-6-14)23-9-3-1-2-4-10-23/h5-8,11-12,24H,1-4,9-10H2,(H,22,25). The molecule has 0 aliphatic carbocycles. The third kappa shape index (κ3) is 4.07. The van der Waals surface area contributed by atoms with Crippen LogP contribution in [0.3, 0.4) is 0 Å². The van der Waals surface area contributed by atoms with E-state index in [1.54, 1.807) is 12.1 Å². The summed E-state index contributed by atoms with van der Waals surface area (Å²) in [6.07, 6.45) is 4.83. The smallest absolute Gasteiger partial charge is 0.262 e. The molecule has 1 saturated heterocycles. The van der Waals surface area contributed by atoms with Crippen LogP contribution in [-0.4, -0.2) is 24.1 Å². The first-order chi connectivity index (χ1) is 12.0. The van der Waals surface area contributed by atoms with Crippen molar-refractivity contribution in [2.45, 2.75) is 25.7 Å². The number of halogens is 2. The third-order valence-corrected chi connectivity index (χ3v) is 4.36. The number of carbonyl (C=O) groups excluding carboxylic acids is 1. The molecule has 25 heavy (non-hydrogen) atoms. The van der Waals surface area contributed by atoms with E-state index in [0.29, 0.717) is 17.8 Å². The van der Waals surface area contributed by atoms with Crippen molar-refractivity contribution >= 4 is 17.3 Å². The number of anilines is 2. The van der Waals surface area contributed by atoms with Gasteiger partial charge in [-0.1, -0.05) is 12.8 Å². The number of nitrogens with one attached hydrogen (secondary N) is 1. The minimum atomic E-state index is -1.10. The van der Waals surface area contributed by atoms with Crippen LogP contribution >= 0.6 is 0 Å². The lowest BCUT2D eigenvalue weighted by atomic mass is 10.1. The average molecular weight is 346 g/mol. The van der Waals surface area contributed by atoms with Crippen molar-refractivity contribution in [2.24, 2.45) is 0 Å². The average Bonchev–Trinajstić information content (AvgIpc) is 2.84. The number of phenolic OH excluding ortho intramolecular Hbond substituents is 1. The van der Waals surface area contributed by atoms with Gasteiger partial charge in [-0.25, -0.2) is 8.78 Å². The monoisotopic (exact) mass is 346 g/mol. The van der Waals surface area contributed by atoms with Crippen molar-refractivity contribution in [1.82, 2.24) is 0 Å². The van der Waals surface area contributed by atoms with Gasteiger partial charge in [0.2, 0.25) is 0 Å². The van der Waals surface area contributed by atoms with Crippen LogP contribution in [0.15, 0.2) is 36.4 Å². The van der Waals surface area contributed by atoms with Crippen LogP contribution in [0, 0.1) is 11.6 Å². The predicted molar refractivity (Wildman–Crippen MR) is 93.1 cm³/mol. The fourth-order valence-corrected chi connectivity index (χ4v) is 3.06. The van der Waals surface area contributed by atoms with Gasteiger partial charge in [-0.15, -0.1) is 0 Å². The summed E-state index contributed by atoms with van der Waals surface area (Å²) in [5.41, 5.74) is 0.986. The molecule has 0 aromatic heterocycles. The molecule has 1 fully saturated rings. The summed E-state index contributed by atoms with van der Waals surface area (Å²) in [6, 6.07) is 8.55. The van der Waals surface area contributed by atoms with Crippen LogP contribution in [0.25, 0.3) is 0 Å². The van der Waals surface area contributed by atoms with E-state index >= 15 is 0 Å². The maximum atomic E-state index is 13.7. The number of hydrogen-bond donors (Lipinski definition) is 2. The number of aromatic hydroxyl groups is 1. The summed E-state index contributed by atoms with van der Waals surface area (Å²) in [5, 5.41) is 12.1. The highest BCUT2D eigenvalue weighted by atomic mass is 19.1. The molecular weight excluding hydrogens is 326 g/mol. The summed E-state index contributed by atoms with van der Waals surface area (Å²) in [4.78, 5) is 14.5. The number of nitrogens with zero attached hydrogens (tertiary/aromatic N) is 1. The van der Waals surface area contributed by atoms with Gasteiger partial charge in [-0.2, -0.15) is 0 Å². The van der Waals surface area contributed by atoms with E-state index in [1.165, 1.54) is 25.7 Å². The van der Waals surface area contributed by atoms with E-state index in [-0.39, 0.29) is 0 Å². The lowest BCUT2D eigenvalue weighted by molar-refractivity contribution is 0.102. The van der Waals surface area contributed by atoms with Crippen molar-refractivity contribution in [3.63, 3.8) is 0 Å². The summed E-state index contributed by atoms with van der Waals surface area (Å²) >= 11 is 0. The maximum absolute atomic E-state index is 13.7. The normalized spacial score (nSPS) is 14.9. The Labute approximate surface area is 145 Å². The molecule has 0 atom stereocenters. The summed E-state index contributed by atoms with van der Waals surface area (Å²) in [7, 11) is 0. The zero-order valence-corrected chi connectivity index (χ0v) is 13.8. The first-order valence-corrected chi connectivity index (χ1v) is 8.39. The summed E-state index contributed by atoms with van der Waals surface area (Å²) < 4.78 is 26.8. The molecule has 1 aliphatic rings. The molecule has 6 heteroatoms. The Bertz CT molecular complexity index is 732. The van der Waals surface area contributed by atoms with Gasteiger partial charge in [-0.05, 0) is 37.1 Å².